The molecule has 0 saturated carbocycles. The van der Waals surface area contributed by atoms with Gasteiger partial charge in [-0.1, -0.05) is 0 Å². The lowest BCUT2D eigenvalue weighted by molar-refractivity contribution is -0.137. The molecule has 0 heterocycles. The average Bonchev–Trinajstić information content (AvgIpc) is 2.00. The quantitative estimate of drug-likeness (QED) is 0.548. The minimum Gasteiger partial charge on any atom is -0.469 e. The first-order chi connectivity index (χ1) is 6.22. The minimum absolute atomic E-state index is 0.862. The van der Waals surface area contributed by atoms with Crippen molar-refractivity contribution in [2.45, 2.75) is 6.18 Å². The summed E-state index contributed by atoms with van der Waals surface area (Å²) < 4.78 is 55.3. The molecule has 4 nitrogen and oxygen atoms in total. The molecule has 0 amide bonds. The van der Waals surface area contributed by atoms with Crippen molar-refractivity contribution in [3.63, 3.8) is 0 Å². The Morgan fingerprint density at radius 2 is 1.86 bits per heavy atom. The van der Waals surface area contributed by atoms with Crippen LogP contribution in [0.3, 0.4) is 0 Å². The first-order valence-corrected chi connectivity index (χ1v) is 5.49. The van der Waals surface area contributed by atoms with Crippen molar-refractivity contribution >= 4 is 13.3 Å². The zero-order valence-corrected chi connectivity index (χ0v) is 8.52. The van der Waals surface area contributed by atoms with Crippen LogP contribution < -0.4 is 0 Å². The van der Waals surface area contributed by atoms with E-state index in [2.05, 4.69) is 9.26 Å². The number of hydrogen-bond acceptors (Lipinski definition) is 4. The summed E-state index contributed by atoms with van der Waals surface area (Å²) in [6.07, 6.45) is -7.11. The van der Waals surface area contributed by atoms with Crippen molar-refractivity contribution in [2.75, 3.05) is 26.5 Å². The molecule has 0 N–H and O–H groups in total. The highest BCUT2D eigenvalue weighted by Crippen LogP contribution is 2.49. The van der Waals surface area contributed by atoms with Crippen molar-refractivity contribution in [3.8, 4) is 0 Å². The molecule has 0 saturated heterocycles. The van der Waals surface area contributed by atoms with Crippen LogP contribution in [0.4, 0.5) is 13.2 Å². The molecule has 0 spiro atoms. The van der Waals surface area contributed by atoms with Crippen LogP contribution in [0.1, 0.15) is 0 Å². The van der Waals surface area contributed by atoms with Crippen LogP contribution in [0.15, 0.2) is 0 Å². The Balaban J connectivity index is 4.49. The van der Waals surface area contributed by atoms with Gasteiger partial charge in [0.25, 0.3) is 0 Å². The van der Waals surface area contributed by atoms with Crippen LogP contribution in [0.2, 0.25) is 0 Å². The second-order valence-corrected chi connectivity index (χ2v) is 5.13. The van der Waals surface area contributed by atoms with E-state index in [4.69, 9.17) is 0 Å². The fourth-order valence-electron chi connectivity index (χ4n) is 0.719. The molecule has 1 atom stereocenters. The highest BCUT2D eigenvalue weighted by Gasteiger charge is 2.40. The lowest BCUT2D eigenvalue weighted by atomic mass is 10.8. The van der Waals surface area contributed by atoms with E-state index in [1.54, 1.807) is 0 Å². The number of carbonyl (C=O) groups excluding carboxylic acids is 1. The Hall–Kier alpha value is -0.550. The third kappa shape index (κ3) is 5.24. The van der Waals surface area contributed by atoms with Crippen LogP contribution in [-0.2, 0) is 18.6 Å². The van der Waals surface area contributed by atoms with E-state index < -0.39 is 31.8 Å². The van der Waals surface area contributed by atoms with E-state index in [0.29, 0.717) is 0 Å². The Bertz CT molecular complexity index is 250. The lowest BCUT2D eigenvalue weighted by Crippen LogP contribution is -2.19. The van der Waals surface area contributed by atoms with E-state index >= 15 is 0 Å². The summed E-state index contributed by atoms with van der Waals surface area (Å²) in [5.41, 5.74) is 0. The van der Waals surface area contributed by atoms with Gasteiger partial charge in [0.15, 0.2) is 0 Å². The van der Waals surface area contributed by atoms with E-state index in [1.807, 2.05) is 0 Å². The zero-order valence-electron chi connectivity index (χ0n) is 7.63. The summed E-state index contributed by atoms with van der Waals surface area (Å²) in [7, 11) is -2.13. The molecular weight excluding hydrogens is 224 g/mol. The summed E-state index contributed by atoms with van der Waals surface area (Å²) in [5.74, 6) is -0.987. The molecule has 0 aromatic rings. The maximum absolute atomic E-state index is 11.9. The molecule has 1 unspecified atom stereocenters. The summed E-state index contributed by atoms with van der Waals surface area (Å²) in [6.45, 7) is 0. The standard InChI is InChI=1S/C6H10F3O4P/c1-12-5(10)3-14(11,13-2)4-6(7,8)9/h3-4H2,1-2H3. The van der Waals surface area contributed by atoms with Crippen molar-refractivity contribution in [1.82, 2.24) is 0 Å². The predicted octanol–water partition coefficient (Wildman–Crippen LogP) is 1.65. The van der Waals surface area contributed by atoms with E-state index in [0.717, 1.165) is 14.2 Å². The van der Waals surface area contributed by atoms with Gasteiger partial charge in [-0.2, -0.15) is 13.2 Å². The highest BCUT2D eigenvalue weighted by molar-refractivity contribution is 7.60. The van der Waals surface area contributed by atoms with Crippen LogP contribution in [0.5, 0.6) is 0 Å². The summed E-state index contributed by atoms with van der Waals surface area (Å²) in [6, 6.07) is 0. The number of halogens is 3. The lowest BCUT2D eigenvalue weighted by Gasteiger charge is -2.16. The van der Waals surface area contributed by atoms with Crippen LogP contribution >= 0.6 is 7.37 Å². The van der Waals surface area contributed by atoms with Gasteiger partial charge in [0.1, 0.15) is 12.3 Å². The maximum atomic E-state index is 11.9. The van der Waals surface area contributed by atoms with Gasteiger partial charge in [-0.15, -0.1) is 0 Å². The highest BCUT2D eigenvalue weighted by atomic mass is 31.2. The normalized spacial score (nSPS) is 16.1. The number of alkyl halides is 3. The molecule has 14 heavy (non-hydrogen) atoms. The molecule has 0 rings (SSSR count). The van der Waals surface area contributed by atoms with Crippen molar-refractivity contribution in [3.05, 3.63) is 0 Å². The van der Waals surface area contributed by atoms with Crippen molar-refractivity contribution in [2.24, 2.45) is 0 Å². The van der Waals surface area contributed by atoms with Crippen LogP contribution in [-0.4, -0.2) is 38.7 Å². The van der Waals surface area contributed by atoms with E-state index in [9.17, 15) is 22.5 Å². The number of esters is 1. The van der Waals surface area contributed by atoms with Crippen molar-refractivity contribution < 1.29 is 31.8 Å². The Kier molecular flexibility index (Phi) is 4.61. The van der Waals surface area contributed by atoms with Gasteiger partial charge in [0.05, 0.1) is 7.11 Å². The zero-order chi connectivity index (χ0) is 11.4. The molecule has 8 heteroatoms. The smallest absolute Gasteiger partial charge is 0.398 e. The molecule has 0 radical (unpaired) electrons. The Morgan fingerprint density at radius 3 is 2.14 bits per heavy atom. The Labute approximate surface area is 78.8 Å². The van der Waals surface area contributed by atoms with Gasteiger partial charge in [-0.05, 0) is 0 Å². The second-order valence-electron chi connectivity index (χ2n) is 2.50. The molecule has 0 aliphatic rings. The largest absolute Gasteiger partial charge is 0.469 e. The molecule has 0 aromatic carbocycles. The average molecular weight is 234 g/mol. The van der Waals surface area contributed by atoms with E-state index in [-0.39, 0.29) is 0 Å². The maximum Gasteiger partial charge on any atom is 0.398 e. The first-order valence-electron chi connectivity index (χ1n) is 3.50. The van der Waals surface area contributed by atoms with Gasteiger partial charge in [-0.3, -0.25) is 9.36 Å². The van der Waals surface area contributed by atoms with Crippen LogP contribution in [0.25, 0.3) is 0 Å². The molecule has 0 aliphatic heterocycles. The molecular formula is C6H10F3O4P. The second kappa shape index (κ2) is 4.79. The number of rotatable bonds is 4. The molecule has 84 valence electrons. The van der Waals surface area contributed by atoms with Gasteiger partial charge in [0.2, 0.25) is 7.37 Å². The SMILES string of the molecule is COC(=O)CP(=O)(CC(F)(F)F)OC. The monoisotopic (exact) mass is 234 g/mol. The molecule has 0 fully saturated rings. The van der Waals surface area contributed by atoms with Gasteiger partial charge >= 0.3 is 12.1 Å². The minimum atomic E-state index is -4.63. The Morgan fingerprint density at radius 1 is 1.36 bits per heavy atom. The summed E-state index contributed by atoms with van der Waals surface area (Å²) >= 11 is 0. The summed E-state index contributed by atoms with van der Waals surface area (Å²) in [5, 5.41) is 0. The van der Waals surface area contributed by atoms with Crippen molar-refractivity contribution in [1.29, 1.82) is 0 Å². The fourth-order valence-corrected chi connectivity index (χ4v) is 2.16. The topological polar surface area (TPSA) is 52.6 Å². The van der Waals surface area contributed by atoms with Gasteiger partial charge in [0, 0.05) is 7.11 Å². The fraction of sp³-hybridized carbons (Fsp3) is 0.833. The van der Waals surface area contributed by atoms with Gasteiger partial charge in [-0.25, -0.2) is 0 Å². The number of hydrogen-bond donors (Lipinski definition) is 0. The first kappa shape index (κ1) is 13.4. The molecule has 0 aromatic heterocycles. The number of carbonyl (C=O) groups is 1. The number of ether oxygens (including phenoxy) is 1. The third-order valence-electron chi connectivity index (χ3n) is 1.35. The van der Waals surface area contributed by atoms with Crippen LogP contribution in [0, 0.1) is 0 Å². The summed E-state index contributed by atoms with van der Waals surface area (Å²) in [4.78, 5) is 10.6. The predicted molar refractivity (Wildman–Crippen MR) is 42.4 cm³/mol. The molecule has 0 aliphatic carbocycles. The van der Waals surface area contributed by atoms with E-state index in [1.165, 1.54) is 0 Å². The third-order valence-corrected chi connectivity index (χ3v) is 3.60. The van der Waals surface area contributed by atoms with Gasteiger partial charge < -0.3 is 9.26 Å². The number of methoxy groups -OCH3 is 1. The molecule has 0 bridgehead atoms.